The molecule has 0 atom stereocenters. The van der Waals surface area contributed by atoms with Crippen LogP contribution < -0.4 is 16.0 Å². The number of aromatic amines is 1. The van der Waals surface area contributed by atoms with Gasteiger partial charge in [0, 0.05) is 11.8 Å². The third-order valence-corrected chi connectivity index (χ3v) is 4.12. The lowest BCUT2D eigenvalue weighted by Crippen LogP contribution is -2.18. The third kappa shape index (κ3) is 2.97. The highest BCUT2D eigenvalue weighted by Gasteiger charge is 2.19. The van der Waals surface area contributed by atoms with Crippen LogP contribution in [0.5, 0.6) is 0 Å². The Kier molecular flexibility index (Phi) is 3.75. The van der Waals surface area contributed by atoms with Gasteiger partial charge in [0.15, 0.2) is 5.82 Å². The number of nitrogens with zero attached hydrogens (tertiary/aromatic N) is 1. The van der Waals surface area contributed by atoms with Crippen molar-refractivity contribution in [3.63, 3.8) is 0 Å². The number of anilines is 2. The van der Waals surface area contributed by atoms with E-state index in [2.05, 4.69) is 14.9 Å². The SMILES string of the molecule is CCc1ccc(N)cc1S(=O)(=O)Nc1ccc(=O)[nH]n1. The highest BCUT2D eigenvalue weighted by Crippen LogP contribution is 2.21. The van der Waals surface area contributed by atoms with Gasteiger partial charge in [0.25, 0.3) is 15.6 Å². The summed E-state index contributed by atoms with van der Waals surface area (Å²) in [6, 6.07) is 7.19. The van der Waals surface area contributed by atoms with Crippen molar-refractivity contribution in [2.45, 2.75) is 18.2 Å². The number of rotatable bonds is 4. The first kappa shape index (κ1) is 14.1. The zero-order valence-corrected chi connectivity index (χ0v) is 11.6. The van der Waals surface area contributed by atoms with Gasteiger partial charge in [-0.1, -0.05) is 13.0 Å². The van der Waals surface area contributed by atoms with E-state index in [1.807, 2.05) is 6.92 Å². The number of aromatic nitrogens is 2. The predicted octanol–water partition coefficient (Wildman–Crippen LogP) is 0.715. The number of benzene rings is 1. The molecule has 0 saturated heterocycles. The minimum absolute atomic E-state index is 0.0362. The summed E-state index contributed by atoms with van der Waals surface area (Å²) < 4.78 is 26.9. The lowest BCUT2D eigenvalue weighted by molar-refractivity contribution is 0.600. The lowest BCUT2D eigenvalue weighted by Gasteiger charge is -2.11. The van der Waals surface area contributed by atoms with Crippen LogP contribution in [0.1, 0.15) is 12.5 Å². The molecule has 4 N–H and O–H groups in total. The molecule has 106 valence electrons. The quantitative estimate of drug-likeness (QED) is 0.718. The molecule has 1 aromatic carbocycles. The molecule has 0 aliphatic carbocycles. The Balaban J connectivity index is 2.42. The van der Waals surface area contributed by atoms with Gasteiger partial charge in [-0.25, -0.2) is 13.5 Å². The molecule has 0 fully saturated rings. The summed E-state index contributed by atoms with van der Waals surface area (Å²) in [6.45, 7) is 1.85. The van der Waals surface area contributed by atoms with E-state index in [9.17, 15) is 13.2 Å². The number of aryl methyl sites for hydroxylation is 1. The van der Waals surface area contributed by atoms with Crippen LogP contribution in [-0.2, 0) is 16.4 Å². The average Bonchev–Trinajstić information content (AvgIpc) is 2.41. The van der Waals surface area contributed by atoms with E-state index >= 15 is 0 Å². The normalized spacial score (nSPS) is 11.2. The zero-order valence-electron chi connectivity index (χ0n) is 10.8. The highest BCUT2D eigenvalue weighted by atomic mass is 32.2. The number of H-pyrrole nitrogens is 1. The van der Waals surface area contributed by atoms with Crippen molar-refractivity contribution < 1.29 is 8.42 Å². The second-order valence-corrected chi connectivity index (χ2v) is 5.78. The largest absolute Gasteiger partial charge is 0.399 e. The minimum Gasteiger partial charge on any atom is -0.399 e. The summed E-state index contributed by atoms with van der Waals surface area (Å²) in [6.07, 6.45) is 0.551. The van der Waals surface area contributed by atoms with Crippen molar-refractivity contribution in [2.24, 2.45) is 0 Å². The van der Waals surface area contributed by atoms with Gasteiger partial charge in [-0.3, -0.25) is 9.52 Å². The first-order valence-corrected chi connectivity index (χ1v) is 7.37. The van der Waals surface area contributed by atoms with E-state index < -0.39 is 15.6 Å². The number of sulfonamides is 1. The fourth-order valence-electron chi connectivity index (χ4n) is 1.71. The van der Waals surface area contributed by atoms with Crippen LogP contribution in [0.4, 0.5) is 11.5 Å². The van der Waals surface area contributed by atoms with E-state index in [1.165, 1.54) is 18.2 Å². The Hall–Kier alpha value is -2.35. The van der Waals surface area contributed by atoms with Gasteiger partial charge >= 0.3 is 0 Å². The van der Waals surface area contributed by atoms with Crippen LogP contribution in [-0.4, -0.2) is 18.6 Å². The van der Waals surface area contributed by atoms with Gasteiger partial charge in [-0.2, -0.15) is 5.10 Å². The molecule has 2 aromatic rings. The van der Waals surface area contributed by atoms with Crippen LogP contribution in [0, 0.1) is 0 Å². The predicted molar refractivity (Wildman–Crippen MR) is 75.9 cm³/mol. The number of hydrogen-bond donors (Lipinski definition) is 3. The summed E-state index contributed by atoms with van der Waals surface area (Å²) >= 11 is 0. The number of nitrogen functional groups attached to an aromatic ring is 1. The second-order valence-electron chi connectivity index (χ2n) is 4.13. The minimum atomic E-state index is -3.81. The summed E-state index contributed by atoms with van der Waals surface area (Å²) in [5.41, 5.74) is 6.23. The molecule has 0 aliphatic rings. The molecule has 8 heteroatoms. The van der Waals surface area contributed by atoms with Gasteiger partial charge in [-0.15, -0.1) is 0 Å². The maximum atomic E-state index is 12.3. The molecule has 0 aliphatic heterocycles. The summed E-state index contributed by atoms with van der Waals surface area (Å²) in [7, 11) is -3.81. The number of nitrogens with one attached hydrogen (secondary N) is 2. The van der Waals surface area contributed by atoms with E-state index in [-0.39, 0.29) is 10.7 Å². The molecule has 20 heavy (non-hydrogen) atoms. The molecular weight excluding hydrogens is 280 g/mol. The Morgan fingerprint density at radius 3 is 2.65 bits per heavy atom. The van der Waals surface area contributed by atoms with E-state index in [0.717, 1.165) is 0 Å². The van der Waals surface area contributed by atoms with Crippen molar-refractivity contribution in [3.8, 4) is 0 Å². The fraction of sp³-hybridized carbons (Fsp3) is 0.167. The van der Waals surface area contributed by atoms with E-state index in [4.69, 9.17) is 5.73 Å². The molecule has 2 rings (SSSR count). The van der Waals surface area contributed by atoms with Crippen molar-refractivity contribution in [2.75, 3.05) is 10.5 Å². The molecule has 0 radical (unpaired) electrons. The molecular formula is C12H14N4O3S. The van der Waals surface area contributed by atoms with E-state index in [1.54, 1.807) is 12.1 Å². The zero-order chi connectivity index (χ0) is 14.8. The lowest BCUT2D eigenvalue weighted by atomic mass is 10.1. The fourth-order valence-corrected chi connectivity index (χ4v) is 3.06. The summed E-state index contributed by atoms with van der Waals surface area (Å²) in [5.74, 6) is 0.0362. The maximum absolute atomic E-state index is 12.3. The van der Waals surface area contributed by atoms with Crippen LogP contribution in [0.25, 0.3) is 0 Å². The maximum Gasteiger partial charge on any atom is 0.264 e. The summed E-state index contributed by atoms with van der Waals surface area (Å²) in [5, 5.41) is 5.76. The topological polar surface area (TPSA) is 118 Å². The Morgan fingerprint density at radius 2 is 2.05 bits per heavy atom. The van der Waals surface area contributed by atoms with Crippen molar-refractivity contribution >= 4 is 21.5 Å². The average molecular weight is 294 g/mol. The van der Waals surface area contributed by atoms with Crippen molar-refractivity contribution in [1.82, 2.24) is 10.2 Å². The van der Waals surface area contributed by atoms with Crippen LogP contribution in [0.15, 0.2) is 40.0 Å². The summed E-state index contributed by atoms with van der Waals surface area (Å²) in [4.78, 5) is 11.0. The van der Waals surface area contributed by atoms with Crippen LogP contribution in [0.2, 0.25) is 0 Å². The Morgan fingerprint density at radius 1 is 1.30 bits per heavy atom. The van der Waals surface area contributed by atoms with Gasteiger partial charge in [0.2, 0.25) is 0 Å². The monoisotopic (exact) mass is 294 g/mol. The molecule has 0 unspecified atom stereocenters. The van der Waals surface area contributed by atoms with Gasteiger partial charge < -0.3 is 5.73 Å². The molecule has 7 nitrogen and oxygen atoms in total. The first-order chi connectivity index (χ1) is 9.42. The molecule has 1 heterocycles. The van der Waals surface area contributed by atoms with Gasteiger partial charge in [-0.05, 0) is 30.2 Å². The molecule has 1 aromatic heterocycles. The third-order valence-electron chi connectivity index (χ3n) is 2.68. The highest BCUT2D eigenvalue weighted by molar-refractivity contribution is 7.92. The molecule has 0 bridgehead atoms. The molecule has 0 saturated carbocycles. The molecule has 0 spiro atoms. The first-order valence-electron chi connectivity index (χ1n) is 5.89. The Bertz CT molecular complexity index is 763. The second kappa shape index (κ2) is 5.33. The number of nitrogens with two attached hydrogens (primary N) is 1. The van der Waals surface area contributed by atoms with Crippen LogP contribution in [0.3, 0.4) is 0 Å². The smallest absolute Gasteiger partial charge is 0.264 e. The standard InChI is InChI=1S/C12H14N4O3S/c1-2-8-3-4-9(13)7-10(8)20(18,19)16-11-5-6-12(17)15-14-11/h3-7H,2,13H2,1H3,(H,14,16)(H,15,17). The van der Waals surface area contributed by atoms with Crippen LogP contribution >= 0.6 is 0 Å². The van der Waals surface area contributed by atoms with Crippen molar-refractivity contribution in [1.29, 1.82) is 0 Å². The van der Waals surface area contributed by atoms with Crippen molar-refractivity contribution in [3.05, 3.63) is 46.2 Å². The van der Waals surface area contributed by atoms with E-state index in [0.29, 0.717) is 17.7 Å². The van der Waals surface area contributed by atoms with Gasteiger partial charge in [0.05, 0.1) is 4.90 Å². The number of hydrogen-bond acceptors (Lipinski definition) is 5. The van der Waals surface area contributed by atoms with Gasteiger partial charge in [0.1, 0.15) is 0 Å². The Labute approximate surface area is 115 Å². The molecule has 0 amide bonds.